The summed E-state index contributed by atoms with van der Waals surface area (Å²) in [6, 6.07) is 18.6. The number of ether oxygens (including phenoxy) is 1. The molecular weight excluding hydrogens is 432 g/mol. The second-order valence-corrected chi connectivity index (χ2v) is 10.6. The normalized spacial score (nSPS) is 15.0. The number of carbonyl (C=O) groups is 1. The standard InChI is InChI=1S/C23H24N2O4S2/c1-17-4-2-3-5-20(17)16-24-23(26)19-8-6-18(7-9-19)21-10-11-22(30-21)31(27,28)25-12-14-29-15-13-25/h2-11H,12-16H2,1H3,(H,24,26). The van der Waals surface area contributed by atoms with E-state index in [0.717, 1.165) is 21.6 Å². The number of hydrogen-bond acceptors (Lipinski definition) is 5. The number of aryl methyl sites for hydroxylation is 1. The topological polar surface area (TPSA) is 75.7 Å². The highest BCUT2D eigenvalue weighted by Crippen LogP contribution is 2.32. The highest BCUT2D eigenvalue weighted by atomic mass is 32.2. The SMILES string of the molecule is Cc1ccccc1CNC(=O)c1ccc(-c2ccc(S(=O)(=O)N3CCOCC3)s2)cc1. The van der Waals surface area contributed by atoms with Gasteiger partial charge < -0.3 is 10.1 Å². The molecule has 2 heterocycles. The number of carbonyl (C=O) groups excluding carboxylic acids is 1. The summed E-state index contributed by atoms with van der Waals surface area (Å²) in [6.07, 6.45) is 0. The fourth-order valence-electron chi connectivity index (χ4n) is 3.40. The Bertz CT molecular complexity index is 1160. The molecule has 1 saturated heterocycles. The molecule has 8 heteroatoms. The monoisotopic (exact) mass is 456 g/mol. The van der Waals surface area contributed by atoms with Gasteiger partial charge in [0, 0.05) is 30.1 Å². The summed E-state index contributed by atoms with van der Waals surface area (Å²) in [5.41, 5.74) is 3.66. The lowest BCUT2D eigenvalue weighted by Gasteiger charge is -2.25. The Balaban J connectivity index is 1.44. The maximum absolute atomic E-state index is 12.8. The largest absolute Gasteiger partial charge is 0.379 e. The van der Waals surface area contributed by atoms with Gasteiger partial charge in [0.25, 0.3) is 15.9 Å². The predicted octanol–water partition coefficient (Wildman–Crippen LogP) is 3.67. The third-order valence-electron chi connectivity index (χ3n) is 5.28. The van der Waals surface area contributed by atoms with Crippen LogP contribution in [-0.4, -0.2) is 44.9 Å². The van der Waals surface area contributed by atoms with Gasteiger partial charge in [-0.1, -0.05) is 36.4 Å². The van der Waals surface area contributed by atoms with Crippen molar-refractivity contribution in [1.29, 1.82) is 0 Å². The van der Waals surface area contributed by atoms with E-state index in [0.29, 0.717) is 42.6 Å². The smallest absolute Gasteiger partial charge is 0.252 e. The molecule has 0 unspecified atom stereocenters. The number of benzene rings is 2. The minimum absolute atomic E-state index is 0.142. The third kappa shape index (κ3) is 4.88. The lowest BCUT2D eigenvalue weighted by atomic mass is 10.1. The zero-order valence-electron chi connectivity index (χ0n) is 17.2. The number of amides is 1. The minimum Gasteiger partial charge on any atom is -0.379 e. The molecule has 0 atom stereocenters. The fraction of sp³-hybridized carbons (Fsp3) is 0.261. The molecule has 0 radical (unpaired) electrons. The first-order chi connectivity index (χ1) is 14.9. The van der Waals surface area contributed by atoms with E-state index in [1.165, 1.54) is 15.6 Å². The van der Waals surface area contributed by atoms with E-state index in [2.05, 4.69) is 5.32 Å². The molecule has 0 aliphatic carbocycles. The van der Waals surface area contributed by atoms with Crippen LogP contribution in [-0.2, 0) is 21.3 Å². The van der Waals surface area contributed by atoms with Crippen LogP contribution in [0.3, 0.4) is 0 Å². The maximum Gasteiger partial charge on any atom is 0.252 e. The number of nitrogens with one attached hydrogen (secondary N) is 1. The molecule has 6 nitrogen and oxygen atoms in total. The van der Waals surface area contributed by atoms with E-state index >= 15 is 0 Å². The van der Waals surface area contributed by atoms with Crippen molar-refractivity contribution in [2.75, 3.05) is 26.3 Å². The van der Waals surface area contributed by atoms with Crippen LogP contribution >= 0.6 is 11.3 Å². The summed E-state index contributed by atoms with van der Waals surface area (Å²) in [5.74, 6) is -0.142. The van der Waals surface area contributed by atoms with E-state index in [4.69, 9.17) is 4.74 Å². The van der Waals surface area contributed by atoms with Gasteiger partial charge in [0.05, 0.1) is 13.2 Å². The van der Waals surface area contributed by atoms with Crippen LogP contribution in [0.5, 0.6) is 0 Å². The Kier molecular flexibility index (Phi) is 6.52. The van der Waals surface area contributed by atoms with Crippen LogP contribution in [0.4, 0.5) is 0 Å². The first-order valence-corrected chi connectivity index (χ1v) is 12.3. The number of sulfonamides is 1. The third-order valence-corrected chi connectivity index (χ3v) is 8.78. The molecule has 1 aliphatic heterocycles. The van der Waals surface area contributed by atoms with Crippen molar-refractivity contribution in [1.82, 2.24) is 9.62 Å². The maximum atomic E-state index is 12.8. The van der Waals surface area contributed by atoms with Crippen molar-refractivity contribution in [2.45, 2.75) is 17.7 Å². The first-order valence-electron chi connectivity index (χ1n) is 10.1. The van der Waals surface area contributed by atoms with Gasteiger partial charge in [-0.05, 0) is 47.9 Å². The molecule has 1 aromatic heterocycles. The van der Waals surface area contributed by atoms with Gasteiger partial charge in [-0.15, -0.1) is 11.3 Å². The van der Waals surface area contributed by atoms with Crippen molar-refractivity contribution in [2.24, 2.45) is 0 Å². The van der Waals surface area contributed by atoms with Crippen LogP contribution in [0.15, 0.2) is 64.9 Å². The number of nitrogens with zero attached hydrogens (tertiary/aromatic N) is 1. The lowest BCUT2D eigenvalue weighted by Crippen LogP contribution is -2.40. The summed E-state index contributed by atoms with van der Waals surface area (Å²) in [6.45, 7) is 4.09. The van der Waals surface area contributed by atoms with Crippen LogP contribution in [0.1, 0.15) is 21.5 Å². The van der Waals surface area contributed by atoms with E-state index in [1.54, 1.807) is 18.2 Å². The molecule has 1 fully saturated rings. The van der Waals surface area contributed by atoms with Gasteiger partial charge in [-0.3, -0.25) is 4.79 Å². The molecule has 162 valence electrons. The van der Waals surface area contributed by atoms with Crippen LogP contribution in [0, 0.1) is 6.92 Å². The van der Waals surface area contributed by atoms with Gasteiger partial charge in [0.2, 0.25) is 0 Å². The Morgan fingerprint density at radius 3 is 2.45 bits per heavy atom. The molecule has 3 aromatic rings. The zero-order valence-corrected chi connectivity index (χ0v) is 18.8. The van der Waals surface area contributed by atoms with E-state index in [1.807, 2.05) is 49.4 Å². The Morgan fingerprint density at radius 1 is 1.03 bits per heavy atom. The predicted molar refractivity (Wildman–Crippen MR) is 122 cm³/mol. The average Bonchev–Trinajstić information content (AvgIpc) is 3.30. The summed E-state index contributed by atoms with van der Waals surface area (Å²) in [4.78, 5) is 13.3. The van der Waals surface area contributed by atoms with Gasteiger partial charge in [-0.2, -0.15) is 4.31 Å². The molecule has 4 rings (SSSR count). The molecule has 1 aliphatic rings. The molecule has 0 saturated carbocycles. The summed E-state index contributed by atoms with van der Waals surface area (Å²) in [7, 11) is -3.50. The lowest BCUT2D eigenvalue weighted by molar-refractivity contribution is 0.0731. The average molecular weight is 457 g/mol. The van der Waals surface area contributed by atoms with E-state index in [-0.39, 0.29) is 5.91 Å². The van der Waals surface area contributed by atoms with E-state index < -0.39 is 10.0 Å². The molecule has 1 amide bonds. The van der Waals surface area contributed by atoms with Crippen molar-refractivity contribution in [3.8, 4) is 10.4 Å². The summed E-state index contributed by atoms with van der Waals surface area (Å²) in [5, 5.41) is 2.94. The van der Waals surface area contributed by atoms with Crippen molar-refractivity contribution >= 4 is 27.3 Å². The number of hydrogen-bond donors (Lipinski definition) is 1. The number of rotatable bonds is 6. The number of thiophene rings is 1. The number of morpholine rings is 1. The zero-order chi connectivity index (χ0) is 21.8. The minimum atomic E-state index is -3.50. The fourth-order valence-corrected chi connectivity index (χ4v) is 6.27. The Hall–Kier alpha value is -2.52. The molecule has 0 bridgehead atoms. The summed E-state index contributed by atoms with van der Waals surface area (Å²) >= 11 is 1.24. The molecule has 2 aromatic carbocycles. The van der Waals surface area contributed by atoms with Crippen molar-refractivity contribution < 1.29 is 17.9 Å². The van der Waals surface area contributed by atoms with Gasteiger partial charge >= 0.3 is 0 Å². The van der Waals surface area contributed by atoms with E-state index in [9.17, 15) is 13.2 Å². The molecule has 1 N–H and O–H groups in total. The Labute approximate surface area is 186 Å². The van der Waals surface area contributed by atoms with Crippen LogP contribution in [0.2, 0.25) is 0 Å². The van der Waals surface area contributed by atoms with Crippen LogP contribution in [0.25, 0.3) is 10.4 Å². The van der Waals surface area contributed by atoms with Crippen molar-refractivity contribution in [3.63, 3.8) is 0 Å². The van der Waals surface area contributed by atoms with Crippen molar-refractivity contribution in [3.05, 3.63) is 77.4 Å². The second-order valence-electron chi connectivity index (χ2n) is 7.32. The quantitative estimate of drug-likeness (QED) is 0.614. The Morgan fingerprint density at radius 2 is 1.74 bits per heavy atom. The highest BCUT2D eigenvalue weighted by molar-refractivity contribution is 7.91. The molecule has 31 heavy (non-hydrogen) atoms. The van der Waals surface area contributed by atoms with Gasteiger partial charge in [0.15, 0.2) is 0 Å². The van der Waals surface area contributed by atoms with Gasteiger partial charge in [-0.25, -0.2) is 8.42 Å². The first kappa shape index (κ1) is 21.7. The van der Waals surface area contributed by atoms with Gasteiger partial charge in [0.1, 0.15) is 4.21 Å². The second kappa shape index (κ2) is 9.32. The summed E-state index contributed by atoms with van der Waals surface area (Å²) < 4.78 is 32.7. The highest BCUT2D eigenvalue weighted by Gasteiger charge is 2.27. The molecular formula is C23H24N2O4S2. The molecule has 0 spiro atoms. The van der Waals surface area contributed by atoms with Crippen LogP contribution < -0.4 is 5.32 Å².